The van der Waals surface area contributed by atoms with Gasteiger partial charge in [-0.2, -0.15) is 0 Å². The average Bonchev–Trinajstić information content (AvgIpc) is 3.04. The molecule has 3 saturated heterocycles. The number of piperidine rings is 1. The van der Waals surface area contributed by atoms with Crippen molar-refractivity contribution >= 4 is 5.91 Å². The topological polar surface area (TPSA) is 53.6 Å². The molecular weight excluding hydrogens is 302 g/mol. The van der Waals surface area contributed by atoms with Crippen molar-refractivity contribution in [2.24, 2.45) is 5.92 Å². The molecule has 130 valence electrons. The van der Waals surface area contributed by atoms with Crippen LogP contribution >= 0.6 is 0 Å². The summed E-state index contributed by atoms with van der Waals surface area (Å²) in [5.74, 6) is 0.372. The average molecular weight is 329 g/mol. The van der Waals surface area contributed by atoms with E-state index in [0.717, 1.165) is 52.0 Å². The minimum atomic E-state index is 0.143. The Kier molecular flexibility index (Phi) is 4.83. The highest BCUT2D eigenvalue weighted by Gasteiger charge is 2.38. The van der Waals surface area contributed by atoms with Gasteiger partial charge in [0, 0.05) is 31.7 Å². The van der Waals surface area contributed by atoms with Crippen LogP contribution in [0.15, 0.2) is 30.3 Å². The van der Waals surface area contributed by atoms with Crippen LogP contribution in [0.5, 0.6) is 0 Å². The van der Waals surface area contributed by atoms with E-state index in [1.807, 2.05) is 6.07 Å². The molecule has 24 heavy (non-hydrogen) atoms. The highest BCUT2D eigenvalue weighted by molar-refractivity contribution is 5.79. The van der Waals surface area contributed by atoms with Gasteiger partial charge in [0.05, 0.1) is 18.6 Å². The number of nitrogens with one attached hydrogen (secondary N) is 2. The molecular formula is C19H27N3O2. The summed E-state index contributed by atoms with van der Waals surface area (Å²) < 4.78 is 6.08. The minimum Gasteiger partial charge on any atom is -0.371 e. The van der Waals surface area contributed by atoms with Gasteiger partial charge >= 0.3 is 0 Å². The van der Waals surface area contributed by atoms with E-state index in [9.17, 15) is 4.79 Å². The quantitative estimate of drug-likeness (QED) is 0.878. The van der Waals surface area contributed by atoms with Gasteiger partial charge in [-0.3, -0.25) is 9.69 Å². The first-order valence-electron chi connectivity index (χ1n) is 9.21. The van der Waals surface area contributed by atoms with Crippen LogP contribution in [0, 0.1) is 5.92 Å². The Morgan fingerprint density at radius 3 is 2.92 bits per heavy atom. The highest BCUT2D eigenvalue weighted by atomic mass is 16.5. The minimum absolute atomic E-state index is 0.143. The number of nitrogens with zero attached hydrogens (tertiary/aromatic N) is 1. The highest BCUT2D eigenvalue weighted by Crippen LogP contribution is 2.30. The Bertz CT molecular complexity index is 559. The van der Waals surface area contributed by atoms with Crippen molar-refractivity contribution in [1.82, 2.24) is 15.5 Å². The maximum Gasteiger partial charge on any atom is 0.224 e. The number of benzene rings is 1. The fraction of sp³-hybridized carbons (Fsp3) is 0.632. The van der Waals surface area contributed by atoms with Crippen molar-refractivity contribution in [2.45, 2.75) is 37.5 Å². The van der Waals surface area contributed by atoms with Crippen molar-refractivity contribution in [3.63, 3.8) is 0 Å². The van der Waals surface area contributed by atoms with Crippen LogP contribution in [0.2, 0.25) is 0 Å². The second-order valence-corrected chi connectivity index (χ2v) is 7.32. The molecule has 4 rings (SSSR count). The number of morpholine rings is 1. The number of amides is 1. The molecule has 0 aliphatic carbocycles. The summed E-state index contributed by atoms with van der Waals surface area (Å²) in [7, 11) is 0. The van der Waals surface area contributed by atoms with Crippen LogP contribution in [-0.2, 0) is 9.53 Å². The SMILES string of the molecule is O=C(N[C@@H]1C[C@H]2CO[C@@H](c3ccccc3)CN2C1)[C@@H]1CCCNC1. The van der Waals surface area contributed by atoms with E-state index in [4.69, 9.17) is 4.74 Å². The molecule has 3 aliphatic rings. The molecule has 0 saturated carbocycles. The monoisotopic (exact) mass is 329 g/mol. The Morgan fingerprint density at radius 1 is 1.25 bits per heavy atom. The van der Waals surface area contributed by atoms with E-state index in [1.54, 1.807) is 0 Å². The zero-order valence-corrected chi connectivity index (χ0v) is 14.1. The van der Waals surface area contributed by atoms with Crippen molar-refractivity contribution < 1.29 is 9.53 Å². The third-order valence-electron chi connectivity index (χ3n) is 5.60. The second kappa shape index (κ2) is 7.21. The van der Waals surface area contributed by atoms with Gasteiger partial charge in [0.2, 0.25) is 5.91 Å². The first kappa shape index (κ1) is 16.1. The molecule has 3 heterocycles. The maximum atomic E-state index is 12.4. The normalized spacial score (nSPS) is 33.8. The Balaban J connectivity index is 1.32. The maximum absolute atomic E-state index is 12.4. The standard InChI is InChI=1S/C19H27N3O2/c23-19(15-7-4-8-20-10-15)21-16-9-17-13-24-18(12-22(17)11-16)14-5-2-1-3-6-14/h1-3,5-6,15-18,20H,4,7-13H2,(H,21,23)/t15-,16-,17+,18-/m1/s1. The largest absolute Gasteiger partial charge is 0.371 e. The molecule has 1 amide bonds. The summed E-state index contributed by atoms with van der Waals surface area (Å²) in [5.41, 5.74) is 1.25. The van der Waals surface area contributed by atoms with E-state index in [-0.39, 0.29) is 24.0 Å². The van der Waals surface area contributed by atoms with Crippen LogP contribution in [0.1, 0.15) is 30.9 Å². The zero-order chi connectivity index (χ0) is 16.4. The number of ether oxygens (including phenoxy) is 1. The number of fused-ring (bicyclic) bond motifs is 1. The molecule has 5 nitrogen and oxygen atoms in total. The molecule has 4 atom stereocenters. The molecule has 2 N–H and O–H groups in total. The van der Waals surface area contributed by atoms with Crippen LogP contribution in [0.4, 0.5) is 0 Å². The van der Waals surface area contributed by atoms with Gasteiger partial charge in [0.1, 0.15) is 0 Å². The molecule has 1 aromatic rings. The smallest absolute Gasteiger partial charge is 0.224 e. The lowest BCUT2D eigenvalue weighted by Gasteiger charge is -2.35. The summed E-state index contributed by atoms with van der Waals surface area (Å²) in [4.78, 5) is 14.9. The molecule has 1 aromatic carbocycles. The van der Waals surface area contributed by atoms with Crippen LogP contribution < -0.4 is 10.6 Å². The van der Waals surface area contributed by atoms with Crippen LogP contribution in [0.3, 0.4) is 0 Å². The molecule has 0 unspecified atom stereocenters. The predicted octanol–water partition coefficient (Wildman–Crippen LogP) is 1.32. The van der Waals surface area contributed by atoms with E-state index in [0.29, 0.717) is 6.04 Å². The molecule has 0 bridgehead atoms. The zero-order valence-electron chi connectivity index (χ0n) is 14.1. The van der Waals surface area contributed by atoms with E-state index < -0.39 is 0 Å². The van der Waals surface area contributed by atoms with Gasteiger partial charge in [0.25, 0.3) is 0 Å². The Morgan fingerprint density at radius 2 is 2.12 bits per heavy atom. The molecule has 3 fully saturated rings. The van der Waals surface area contributed by atoms with Gasteiger partial charge in [-0.1, -0.05) is 30.3 Å². The molecule has 0 spiro atoms. The molecule has 5 heteroatoms. The fourth-order valence-electron chi connectivity index (χ4n) is 4.24. The first-order chi connectivity index (χ1) is 11.8. The van der Waals surface area contributed by atoms with E-state index in [1.165, 1.54) is 5.56 Å². The Labute approximate surface area is 143 Å². The fourth-order valence-corrected chi connectivity index (χ4v) is 4.24. The number of hydrogen-bond acceptors (Lipinski definition) is 4. The van der Waals surface area contributed by atoms with Gasteiger partial charge < -0.3 is 15.4 Å². The summed E-state index contributed by atoms with van der Waals surface area (Å²) in [6, 6.07) is 11.2. The predicted molar refractivity (Wildman–Crippen MR) is 92.6 cm³/mol. The number of carbonyl (C=O) groups excluding carboxylic acids is 1. The molecule has 3 aliphatic heterocycles. The number of hydrogen-bond donors (Lipinski definition) is 2. The third kappa shape index (κ3) is 3.48. The lowest BCUT2D eigenvalue weighted by atomic mass is 9.98. The lowest BCUT2D eigenvalue weighted by molar-refractivity contribution is -0.126. The van der Waals surface area contributed by atoms with Crippen molar-refractivity contribution in [2.75, 3.05) is 32.8 Å². The van der Waals surface area contributed by atoms with E-state index >= 15 is 0 Å². The second-order valence-electron chi connectivity index (χ2n) is 7.32. The Hall–Kier alpha value is -1.43. The molecule has 0 aromatic heterocycles. The summed E-state index contributed by atoms with van der Waals surface area (Å²) in [5, 5.41) is 6.61. The number of carbonyl (C=O) groups is 1. The van der Waals surface area contributed by atoms with Crippen molar-refractivity contribution in [3.05, 3.63) is 35.9 Å². The van der Waals surface area contributed by atoms with Crippen LogP contribution in [-0.4, -0.2) is 55.7 Å². The van der Waals surface area contributed by atoms with Crippen molar-refractivity contribution in [1.29, 1.82) is 0 Å². The third-order valence-corrected chi connectivity index (χ3v) is 5.60. The van der Waals surface area contributed by atoms with Crippen molar-refractivity contribution in [3.8, 4) is 0 Å². The van der Waals surface area contributed by atoms with Gasteiger partial charge in [-0.15, -0.1) is 0 Å². The first-order valence-corrected chi connectivity index (χ1v) is 9.21. The van der Waals surface area contributed by atoms with E-state index in [2.05, 4.69) is 39.8 Å². The summed E-state index contributed by atoms with van der Waals surface area (Å²) >= 11 is 0. The summed E-state index contributed by atoms with van der Waals surface area (Å²) in [6.07, 6.45) is 3.27. The van der Waals surface area contributed by atoms with Gasteiger partial charge in [0.15, 0.2) is 0 Å². The molecule has 0 radical (unpaired) electrons. The lowest BCUT2D eigenvalue weighted by Crippen LogP contribution is -2.45. The van der Waals surface area contributed by atoms with Gasteiger partial charge in [-0.05, 0) is 31.4 Å². The summed E-state index contributed by atoms with van der Waals surface area (Å²) in [6.45, 7) is 4.50. The van der Waals surface area contributed by atoms with Crippen LogP contribution in [0.25, 0.3) is 0 Å². The van der Waals surface area contributed by atoms with Gasteiger partial charge in [-0.25, -0.2) is 0 Å². The number of rotatable bonds is 3.